The Morgan fingerprint density at radius 3 is 2.48 bits per heavy atom. The van der Waals surface area contributed by atoms with E-state index in [-0.39, 0.29) is 17.0 Å². The number of nitrogens with zero attached hydrogens (tertiary/aromatic N) is 5. The van der Waals surface area contributed by atoms with Crippen molar-refractivity contribution in [3.05, 3.63) is 25.7 Å². The second kappa shape index (κ2) is 7.09. The van der Waals surface area contributed by atoms with Crippen LogP contribution in [0.4, 0.5) is 0 Å². The summed E-state index contributed by atoms with van der Waals surface area (Å²) in [6, 6.07) is 0. The summed E-state index contributed by atoms with van der Waals surface area (Å²) in [7, 11) is 1.29. The first-order valence-electron chi connectivity index (χ1n) is 5.58. The molecule has 9 nitrogen and oxygen atoms in total. The number of halogens is 1. The predicted molar refractivity (Wildman–Crippen MR) is 76.2 cm³/mol. The Morgan fingerprint density at radius 2 is 2.10 bits per heavy atom. The van der Waals surface area contributed by atoms with Crippen LogP contribution < -0.4 is 0 Å². The van der Waals surface area contributed by atoms with Crippen molar-refractivity contribution in [2.75, 3.05) is 7.05 Å². The molecule has 0 unspecified atom stereocenters. The van der Waals surface area contributed by atoms with Crippen molar-refractivity contribution < 1.29 is 14.6 Å². The van der Waals surface area contributed by atoms with Gasteiger partial charge in [-0.2, -0.15) is 0 Å². The Labute approximate surface area is 129 Å². The van der Waals surface area contributed by atoms with Crippen LogP contribution in [0.2, 0.25) is 4.47 Å². The first-order chi connectivity index (χ1) is 9.72. The maximum Gasteiger partial charge on any atom is 0.287 e. The molecule has 1 aromatic rings. The number of guanidine groups is 1. The molecule has 0 radical (unpaired) electrons. The Morgan fingerprint density at radius 1 is 1.48 bits per heavy atom. The van der Waals surface area contributed by atoms with Gasteiger partial charge in [0, 0.05) is 32.0 Å². The highest BCUT2D eigenvalue weighted by Crippen LogP contribution is 2.20. The molecule has 21 heavy (non-hydrogen) atoms. The number of carbonyl (C=O) groups excluding carboxylic acids is 2. The van der Waals surface area contributed by atoms with Gasteiger partial charge in [0.15, 0.2) is 9.50 Å². The first kappa shape index (κ1) is 17.0. The van der Waals surface area contributed by atoms with Gasteiger partial charge in [0.25, 0.3) is 5.96 Å². The summed E-state index contributed by atoms with van der Waals surface area (Å²) in [4.78, 5) is 40.1. The van der Waals surface area contributed by atoms with Gasteiger partial charge in [0.05, 0.1) is 6.54 Å². The maximum atomic E-state index is 11.7. The standard InChI is InChI=1S/C10H12ClN5O4S/c1-6(17)14(3)10(13-16(19)20)15(7(2)18)5-8-4-12-9(11)21-8/h4H,5H2,1-3H3/b13-10+. The molecule has 1 aromatic heterocycles. The molecule has 0 aliphatic heterocycles. The van der Waals surface area contributed by atoms with E-state index in [0.29, 0.717) is 4.88 Å². The Kier molecular flexibility index (Phi) is 5.73. The number of hydrazone groups is 1. The summed E-state index contributed by atoms with van der Waals surface area (Å²) in [6.45, 7) is 2.40. The summed E-state index contributed by atoms with van der Waals surface area (Å²) in [5, 5.41) is 12.8. The van der Waals surface area contributed by atoms with Crippen LogP contribution in [0.1, 0.15) is 18.7 Å². The number of hydrogen-bond donors (Lipinski definition) is 0. The van der Waals surface area contributed by atoms with Gasteiger partial charge in [-0.15, -0.1) is 11.3 Å². The smallest absolute Gasteiger partial charge is 0.280 e. The summed E-state index contributed by atoms with van der Waals surface area (Å²) in [5.74, 6) is -1.37. The van der Waals surface area contributed by atoms with E-state index >= 15 is 0 Å². The second-order valence-corrected chi connectivity index (χ2v) is 5.60. The third-order valence-corrected chi connectivity index (χ3v) is 3.50. The minimum Gasteiger partial charge on any atom is -0.280 e. The summed E-state index contributed by atoms with van der Waals surface area (Å²) < 4.78 is 0.279. The zero-order valence-electron chi connectivity index (χ0n) is 11.4. The van der Waals surface area contributed by atoms with E-state index in [9.17, 15) is 19.7 Å². The highest BCUT2D eigenvalue weighted by Gasteiger charge is 2.26. The lowest BCUT2D eigenvalue weighted by molar-refractivity contribution is -0.486. The van der Waals surface area contributed by atoms with Crippen LogP contribution in [0.5, 0.6) is 0 Å². The summed E-state index contributed by atoms with van der Waals surface area (Å²) >= 11 is 6.82. The van der Waals surface area contributed by atoms with Crippen molar-refractivity contribution in [1.82, 2.24) is 14.8 Å². The minimum atomic E-state index is -0.968. The van der Waals surface area contributed by atoms with E-state index in [4.69, 9.17) is 11.6 Å². The fourth-order valence-electron chi connectivity index (χ4n) is 1.35. The first-order valence-corrected chi connectivity index (χ1v) is 6.77. The molecule has 0 saturated heterocycles. The number of rotatable bonds is 3. The van der Waals surface area contributed by atoms with Crippen molar-refractivity contribution in [2.45, 2.75) is 20.4 Å². The number of aromatic nitrogens is 1. The largest absolute Gasteiger partial charge is 0.287 e. The highest BCUT2D eigenvalue weighted by atomic mass is 35.5. The molecule has 1 heterocycles. The molecule has 0 N–H and O–H groups in total. The second-order valence-electron chi connectivity index (χ2n) is 3.90. The zero-order chi connectivity index (χ0) is 16.2. The Balaban J connectivity index is 3.17. The third kappa shape index (κ3) is 4.76. The number of carbonyl (C=O) groups is 2. The molecule has 0 bridgehead atoms. The number of thiazole rings is 1. The van der Waals surface area contributed by atoms with E-state index in [1.54, 1.807) is 0 Å². The molecule has 114 valence electrons. The topological polar surface area (TPSA) is 109 Å². The average Bonchev–Trinajstić information content (AvgIpc) is 2.77. The number of hydrogen-bond acceptors (Lipinski definition) is 6. The molecule has 0 atom stereocenters. The number of nitro groups is 1. The summed E-state index contributed by atoms with van der Waals surface area (Å²) in [5.41, 5.74) is 0. The van der Waals surface area contributed by atoms with Gasteiger partial charge in [-0.25, -0.2) is 15.1 Å². The lowest BCUT2D eigenvalue weighted by Crippen LogP contribution is -2.46. The van der Waals surface area contributed by atoms with Gasteiger partial charge in [0.2, 0.25) is 11.8 Å². The third-order valence-electron chi connectivity index (χ3n) is 2.40. The average molecular weight is 334 g/mol. The lowest BCUT2D eigenvalue weighted by Gasteiger charge is -2.25. The number of amides is 2. The molecule has 0 aliphatic rings. The van der Waals surface area contributed by atoms with Crippen LogP contribution in [-0.2, 0) is 16.1 Å². The minimum absolute atomic E-state index is 0.0238. The van der Waals surface area contributed by atoms with Crippen molar-refractivity contribution in [3.8, 4) is 0 Å². The van der Waals surface area contributed by atoms with Gasteiger partial charge >= 0.3 is 0 Å². The molecule has 11 heteroatoms. The van der Waals surface area contributed by atoms with Gasteiger partial charge in [0.1, 0.15) is 5.10 Å². The van der Waals surface area contributed by atoms with Crippen molar-refractivity contribution in [3.63, 3.8) is 0 Å². The molecule has 0 aromatic carbocycles. The van der Waals surface area contributed by atoms with Crippen LogP contribution in [0.15, 0.2) is 11.3 Å². The van der Waals surface area contributed by atoms with Gasteiger partial charge in [-0.05, 0) is 0 Å². The summed E-state index contributed by atoms with van der Waals surface area (Å²) in [6.07, 6.45) is 1.44. The fraction of sp³-hybridized carbons (Fsp3) is 0.400. The Bertz CT molecular complexity index is 602. The molecule has 1 rings (SSSR count). The highest BCUT2D eigenvalue weighted by molar-refractivity contribution is 7.15. The predicted octanol–water partition coefficient (Wildman–Crippen LogP) is 1.17. The SMILES string of the molecule is CC(=O)N(C)/C(=N\[N+](=O)[O-])N(Cc1cnc(Cl)s1)C(C)=O. The molecule has 0 fully saturated rings. The van der Waals surface area contributed by atoms with E-state index in [0.717, 1.165) is 21.1 Å². The van der Waals surface area contributed by atoms with Crippen LogP contribution >= 0.6 is 22.9 Å². The Hall–Kier alpha value is -2.07. The van der Waals surface area contributed by atoms with Crippen molar-refractivity contribution in [1.29, 1.82) is 0 Å². The van der Waals surface area contributed by atoms with Crippen molar-refractivity contribution >= 4 is 40.7 Å². The van der Waals surface area contributed by atoms with Gasteiger partial charge in [-0.3, -0.25) is 19.4 Å². The van der Waals surface area contributed by atoms with E-state index in [1.807, 2.05) is 0 Å². The quantitative estimate of drug-likeness (QED) is 0.357. The van der Waals surface area contributed by atoms with Crippen LogP contribution in [0.3, 0.4) is 0 Å². The van der Waals surface area contributed by atoms with Gasteiger partial charge in [-0.1, -0.05) is 11.6 Å². The normalized spacial score (nSPS) is 11.1. The maximum absolute atomic E-state index is 11.7. The fourth-order valence-corrected chi connectivity index (χ4v) is 2.32. The van der Waals surface area contributed by atoms with Gasteiger partial charge < -0.3 is 0 Å². The molecular weight excluding hydrogens is 322 g/mol. The van der Waals surface area contributed by atoms with Crippen molar-refractivity contribution in [2.24, 2.45) is 5.10 Å². The van der Waals surface area contributed by atoms with E-state index in [1.165, 1.54) is 27.1 Å². The van der Waals surface area contributed by atoms with E-state index in [2.05, 4.69) is 10.1 Å². The van der Waals surface area contributed by atoms with Crippen LogP contribution in [0.25, 0.3) is 0 Å². The van der Waals surface area contributed by atoms with Crippen LogP contribution in [-0.4, -0.2) is 44.6 Å². The molecule has 0 aliphatic carbocycles. The molecule has 2 amide bonds. The van der Waals surface area contributed by atoms with E-state index < -0.39 is 16.8 Å². The molecule has 0 spiro atoms. The molecular formula is C10H12ClN5O4S. The lowest BCUT2D eigenvalue weighted by atomic mass is 10.4. The monoisotopic (exact) mass is 333 g/mol. The zero-order valence-corrected chi connectivity index (χ0v) is 13.0. The van der Waals surface area contributed by atoms with Crippen LogP contribution in [0, 0.1) is 10.1 Å². The molecule has 0 saturated carbocycles.